The second-order valence-corrected chi connectivity index (χ2v) is 7.56. The van der Waals surface area contributed by atoms with E-state index >= 15 is 0 Å². The number of carbonyl (C=O) groups is 2. The summed E-state index contributed by atoms with van der Waals surface area (Å²) in [6.07, 6.45) is 0.983. The lowest BCUT2D eigenvalue weighted by Gasteiger charge is -2.13. The molecule has 0 heterocycles. The van der Waals surface area contributed by atoms with Crippen molar-refractivity contribution in [3.8, 4) is 5.75 Å². The maximum absolute atomic E-state index is 12.3. The second kappa shape index (κ2) is 9.93. The van der Waals surface area contributed by atoms with Gasteiger partial charge in [0.05, 0.1) is 13.2 Å². The lowest BCUT2D eigenvalue weighted by atomic mass is 10.1. The Bertz CT molecular complexity index is 803. The van der Waals surface area contributed by atoms with E-state index in [0.717, 1.165) is 34.5 Å². The van der Waals surface area contributed by atoms with Crippen LogP contribution < -0.4 is 15.4 Å². The molecular formula is C23H30N2O3. The van der Waals surface area contributed by atoms with Crippen molar-refractivity contribution in [2.24, 2.45) is 5.92 Å². The molecule has 0 unspecified atom stereocenters. The molecule has 0 bridgehead atoms. The van der Waals surface area contributed by atoms with Crippen LogP contribution in [0.15, 0.2) is 36.4 Å². The number of ether oxygens (including phenoxy) is 1. The van der Waals surface area contributed by atoms with E-state index in [-0.39, 0.29) is 18.4 Å². The third kappa shape index (κ3) is 6.41. The summed E-state index contributed by atoms with van der Waals surface area (Å²) in [6, 6.07) is 11.0. The molecule has 2 amide bonds. The van der Waals surface area contributed by atoms with E-state index < -0.39 is 0 Å². The van der Waals surface area contributed by atoms with Gasteiger partial charge in [0.25, 0.3) is 5.91 Å². The monoisotopic (exact) mass is 382 g/mol. The smallest absolute Gasteiger partial charge is 0.251 e. The molecule has 0 saturated heterocycles. The van der Waals surface area contributed by atoms with Crippen molar-refractivity contribution in [1.82, 2.24) is 5.32 Å². The van der Waals surface area contributed by atoms with Crippen LogP contribution >= 0.6 is 0 Å². The summed E-state index contributed by atoms with van der Waals surface area (Å²) in [4.78, 5) is 24.5. The Hall–Kier alpha value is -2.82. The second-order valence-electron chi connectivity index (χ2n) is 7.56. The minimum Gasteiger partial charge on any atom is -0.494 e. The van der Waals surface area contributed by atoms with Gasteiger partial charge < -0.3 is 15.4 Å². The molecule has 0 aromatic heterocycles. The lowest BCUT2D eigenvalue weighted by molar-refractivity contribution is -0.115. The van der Waals surface area contributed by atoms with Crippen LogP contribution in [0.1, 0.15) is 47.3 Å². The molecule has 150 valence electrons. The summed E-state index contributed by atoms with van der Waals surface area (Å²) in [5, 5.41) is 5.54. The summed E-state index contributed by atoms with van der Waals surface area (Å²) in [5.74, 6) is 0.780. The molecule has 2 aromatic carbocycles. The van der Waals surface area contributed by atoms with Crippen LogP contribution in [0.25, 0.3) is 0 Å². The first-order valence-electron chi connectivity index (χ1n) is 9.65. The highest BCUT2D eigenvalue weighted by Crippen LogP contribution is 2.21. The van der Waals surface area contributed by atoms with E-state index in [2.05, 4.69) is 24.5 Å². The fourth-order valence-electron chi connectivity index (χ4n) is 2.94. The number of hydrogen-bond donors (Lipinski definition) is 2. The van der Waals surface area contributed by atoms with Gasteiger partial charge in [0.1, 0.15) is 5.75 Å². The van der Waals surface area contributed by atoms with Gasteiger partial charge >= 0.3 is 0 Å². The average molecular weight is 383 g/mol. The van der Waals surface area contributed by atoms with Gasteiger partial charge in [-0.25, -0.2) is 0 Å². The Morgan fingerprint density at radius 2 is 1.61 bits per heavy atom. The maximum Gasteiger partial charge on any atom is 0.251 e. The van der Waals surface area contributed by atoms with Crippen molar-refractivity contribution >= 4 is 17.5 Å². The first-order valence-corrected chi connectivity index (χ1v) is 9.65. The van der Waals surface area contributed by atoms with E-state index in [1.54, 1.807) is 24.3 Å². The molecule has 0 aliphatic carbocycles. The summed E-state index contributed by atoms with van der Waals surface area (Å²) < 4.78 is 5.65. The van der Waals surface area contributed by atoms with Gasteiger partial charge in [0, 0.05) is 11.3 Å². The first-order chi connectivity index (χ1) is 13.3. The Morgan fingerprint density at radius 3 is 2.18 bits per heavy atom. The van der Waals surface area contributed by atoms with Gasteiger partial charge in [-0.3, -0.25) is 9.59 Å². The number of aryl methyl sites for hydroxylation is 3. The zero-order valence-corrected chi connectivity index (χ0v) is 17.4. The number of rotatable bonds is 8. The number of hydrogen-bond acceptors (Lipinski definition) is 3. The first kappa shape index (κ1) is 21.5. The van der Waals surface area contributed by atoms with Crippen molar-refractivity contribution in [3.05, 3.63) is 58.7 Å². The van der Waals surface area contributed by atoms with Gasteiger partial charge in [0.2, 0.25) is 5.91 Å². The molecule has 2 rings (SSSR count). The van der Waals surface area contributed by atoms with Crippen LogP contribution in [0.3, 0.4) is 0 Å². The predicted molar refractivity (Wildman–Crippen MR) is 113 cm³/mol. The van der Waals surface area contributed by atoms with Crippen molar-refractivity contribution in [2.75, 3.05) is 18.5 Å². The molecule has 0 saturated carbocycles. The highest BCUT2D eigenvalue weighted by molar-refractivity contribution is 5.99. The molecule has 0 aliphatic rings. The van der Waals surface area contributed by atoms with E-state index in [1.807, 2.05) is 32.9 Å². The van der Waals surface area contributed by atoms with Crippen molar-refractivity contribution < 1.29 is 14.3 Å². The Morgan fingerprint density at radius 1 is 1.00 bits per heavy atom. The van der Waals surface area contributed by atoms with Crippen LogP contribution in [0, 0.1) is 26.7 Å². The van der Waals surface area contributed by atoms with Crippen molar-refractivity contribution in [3.63, 3.8) is 0 Å². The molecule has 0 fully saturated rings. The number of carbonyl (C=O) groups excluding carboxylic acids is 2. The highest BCUT2D eigenvalue weighted by atomic mass is 16.5. The van der Waals surface area contributed by atoms with Crippen LogP contribution in [-0.2, 0) is 4.79 Å². The molecule has 0 atom stereocenters. The van der Waals surface area contributed by atoms with Crippen molar-refractivity contribution in [1.29, 1.82) is 0 Å². The summed E-state index contributed by atoms with van der Waals surface area (Å²) >= 11 is 0. The molecule has 28 heavy (non-hydrogen) atoms. The number of nitrogens with one attached hydrogen (secondary N) is 2. The van der Waals surface area contributed by atoms with E-state index in [4.69, 9.17) is 4.74 Å². The zero-order chi connectivity index (χ0) is 20.7. The van der Waals surface area contributed by atoms with Crippen LogP contribution in [0.4, 0.5) is 5.69 Å². The normalized spacial score (nSPS) is 10.6. The molecular weight excluding hydrogens is 352 g/mol. The zero-order valence-electron chi connectivity index (χ0n) is 17.4. The fourth-order valence-corrected chi connectivity index (χ4v) is 2.94. The molecule has 2 aromatic rings. The fraction of sp³-hybridized carbons (Fsp3) is 0.391. The van der Waals surface area contributed by atoms with E-state index in [9.17, 15) is 9.59 Å². The van der Waals surface area contributed by atoms with E-state index in [0.29, 0.717) is 18.1 Å². The average Bonchev–Trinajstić information content (AvgIpc) is 2.63. The number of amides is 2. The minimum absolute atomic E-state index is 0.0851. The quantitative estimate of drug-likeness (QED) is 0.711. The molecule has 5 nitrogen and oxygen atoms in total. The van der Waals surface area contributed by atoms with Crippen molar-refractivity contribution in [2.45, 2.75) is 41.0 Å². The van der Waals surface area contributed by atoms with Gasteiger partial charge in [-0.15, -0.1) is 0 Å². The van der Waals surface area contributed by atoms with Gasteiger partial charge in [-0.2, -0.15) is 0 Å². The standard InChI is InChI=1S/C23H30N2O3/c1-15(2)10-11-28-20-8-6-19(7-9-20)23(27)24-14-21(26)25-22-17(4)12-16(3)13-18(22)5/h6-9,12-13,15H,10-11,14H2,1-5H3,(H,24,27)(H,25,26). The SMILES string of the molecule is Cc1cc(C)c(NC(=O)CNC(=O)c2ccc(OCCC(C)C)cc2)c(C)c1. The summed E-state index contributed by atoms with van der Waals surface area (Å²) in [7, 11) is 0. The van der Waals surface area contributed by atoms with Crippen LogP contribution in [0.2, 0.25) is 0 Å². The molecule has 2 N–H and O–H groups in total. The molecule has 0 radical (unpaired) electrons. The Labute approximate surface area is 167 Å². The van der Waals surface area contributed by atoms with E-state index in [1.165, 1.54) is 0 Å². The summed E-state index contributed by atoms with van der Waals surface area (Å²) in [6.45, 7) is 10.8. The number of anilines is 1. The lowest BCUT2D eigenvalue weighted by Crippen LogP contribution is -2.33. The third-order valence-corrected chi connectivity index (χ3v) is 4.43. The topological polar surface area (TPSA) is 67.4 Å². The molecule has 0 aliphatic heterocycles. The maximum atomic E-state index is 12.3. The number of benzene rings is 2. The highest BCUT2D eigenvalue weighted by Gasteiger charge is 2.11. The van der Waals surface area contributed by atoms with Gasteiger partial charge in [-0.05, 0) is 68.5 Å². The molecule has 0 spiro atoms. The predicted octanol–water partition coefficient (Wildman–Crippen LogP) is 4.41. The van der Waals surface area contributed by atoms with Gasteiger partial charge in [-0.1, -0.05) is 31.5 Å². The van der Waals surface area contributed by atoms with Crippen LogP contribution in [-0.4, -0.2) is 25.0 Å². The molecule has 5 heteroatoms. The minimum atomic E-state index is -0.291. The Kier molecular flexibility index (Phi) is 7.61. The van der Waals surface area contributed by atoms with Gasteiger partial charge in [0.15, 0.2) is 0 Å². The Balaban J connectivity index is 1.85. The van der Waals surface area contributed by atoms with Crippen LogP contribution in [0.5, 0.6) is 5.75 Å². The largest absolute Gasteiger partial charge is 0.494 e. The summed E-state index contributed by atoms with van der Waals surface area (Å²) in [5.41, 5.74) is 4.45. The third-order valence-electron chi connectivity index (χ3n) is 4.43.